The number of para-hydroxylation sites is 2. The van der Waals surface area contributed by atoms with Crippen LogP contribution in [0.25, 0.3) is 0 Å². The van der Waals surface area contributed by atoms with Crippen molar-refractivity contribution in [1.82, 2.24) is 10.6 Å². The van der Waals surface area contributed by atoms with Crippen LogP contribution in [0.4, 0.5) is 11.4 Å². The standard InChI is InChI=1S/C23H32N6O5S/c1-17(30)22(23(31)27-20-5-3-4-6-21(20)34-2)29-28-18-7-9-19(10-8-18)35(32,33)16-15-26-14-13-25-12-11-24/h3-10,25-26,28H,11-16,24H2,1-2H3,(H,27,31)/b29-22+. The molecular formula is C23H32N6O5S. The smallest absolute Gasteiger partial charge is 0.279 e. The van der Waals surface area contributed by atoms with E-state index in [0.717, 1.165) is 0 Å². The van der Waals surface area contributed by atoms with Crippen molar-refractivity contribution in [2.75, 3.05) is 56.3 Å². The lowest BCUT2D eigenvalue weighted by molar-refractivity contribution is -0.114. The first-order chi connectivity index (χ1) is 16.8. The molecule has 0 radical (unpaired) electrons. The lowest BCUT2D eigenvalue weighted by Crippen LogP contribution is -2.32. The van der Waals surface area contributed by atoms with Gasteiger partial charge in [-0.25, -0.2) is 8.42 Å². The van der Waals surface area contributed by atoms with Gasteiger partial charge >= 0.3 is 0 Å². The van der Waals surface area contributed by atoms with E-state index in [-0.39, 0.29) is 16.4 Å². The zero-order chi connectivity index (χ0) is 25.7. The number of carbonyl (C=O) groups is 2. The van der Waals surface area contributed by atoms with Crippen molar-refractivity contribution in [3.63, 3.8) is 0 Å². The number of anilines is 2. The molecule has 1 amide bonds. The lowest BCUT2D eigenvalue weighted by Gasteiger charge is -2.10. The number of benzene rings is 2. The molecule has 0 atom stereocenters. The number of amides is 1. The van der Waals surface area contributed by atoms with Crippen molar-refractivity contribution in [3.8, 4) is 5.75 Å². The van der Waals surface area contributed by atoms with E-state index in [4.69, 9.17) is 10.5 Å². The van der Waals surface area contributed by atoms with Crippen molar-refractivity contribution in [2.45, 2.75) is 11.8 Å². The Kier molecular flexibility index (Phi) is 11.3. The molecule has 6 N–H and O–H groups in total. The van der Waals surface area contributed by atoms with Gasteiger partial charge in [0.2, 0.25) is 0 Å². The van der Waals surface area contributed by atoms with Crippen molar-refractivity contribution in [1.29, 1.82) is 0 Å². The summed E-state index contributed by atoms with van der Waals surface area (Å²) in [5.74, 6) is -0.868. The zero-order valence-corrected chi connectivity index (χ0v) is 20.7. The van der Waals surface area contributed by atoms with Crippen LogP contribution in [0.5, 0.6) is 5.75 Å². The van der Waals surface area contributed by atoms with Gasteiger partial charge in [-0.1, -0.05) is 12.1 Å². The van der Waals surface area contributed by atoms with Crippen molar-refractivity contribution < 1.29 is 22.7 Å². The molecular weight excluding hydrogens is 472 g/mol. The maximum Gasteiger partial charge on any atom is 0.279 e. The summed E-state index contributed by atoms with van der Waals surface area (Å²) in [5.41, 5.74) is 8.48. The van der Waals surface area contributed by atoms with Gasteiger partial charge in [-0.3, -0.25) is 15.0 Å². The molecule has 0 unspecified atom stereocenters. The molecule has 2 aromatic carbocycles. The average molecular weight is 505 g/mol. The Morgan fingerprint density at radius 3 is 2.26 bits per heavy atom. The average Bonchev–Trinajstić information content (AvgIpc) is 2.84. The molecule has 0 spiro atoms. The van der Waals surface area contributed by atoms with Crippen LogP contribution in [0.1, 0.15) is 6.92 Å². The van der Waals surface area contributed by atoms with Gasteiger partial charge < -0.3 is 26.4 Å². The number of ether oxygens (including phenoxy) is 1. The molecule has 2 aromatic rings. The number of nitrogens with two attached hydrogens (primary N) is 1. The summed E-state index contributed by atoms with van der Waals surface area (Å²) in [5, 5.41) is 12.7. The monoisotopic (exact) mass is 504 g/mol. The highest BCUT2D eigenvalue weighted by Gasteiger charge is 2.19. The Bertz CT molecular complexity index is 1120. The SMILES string of the molecule is COc1ccccc1NC(=O)/C(=N/Nc1ccc(S(=O)(=O)CCNCCNCCN)cc1)C(C)=O. The van der Waals surface area contributed by atoms with Crippen molar-refractivity contribution in [2.24, 2.45) is 10.8 Å². The summed E-state index contributed by atoms with van der Waals surface area (Å²) in [6, 6.07) is 12.7. The van der Waals surface area contributed by atoms with Crippen LogP contribution in [0.3, 0.4) is 0 Å². The van der Waals surface area contributed by atoms with Gasteiger partial charge in [0.15, 0.2) is 21.3 Å². The van der Waals surface area contributed by atoms with Gasteiger partial charge in [-0.15, -0.1) is 0 Å². The molecule has 0 aliphatic rings. The second kappa shape index (κ2) is 14.2. The largest absolute Gasteiger partial charge is 0.495 e. The van der Waals surface area contributed by atoms with Gasteiger partial charge in [0.05, 0.1) is 29.1 Å². The van der Waals surface area contributed by atoms with Crippen LogP contribution in [0.15, 0.2) is 58.5 Å². The summed E-state index contributed by atoms with van der Waals surface area (Å²) < 4.78 is 30.2. The van der Waals surface area contributed by atoms with Crippen LogP contribution < -0.4 is 31.8 Å². The predicted molar refractivity (Wildman–Crippen MR) is 137 cm³/mol. The number of carbonyl (C=O) groups excluding carboxylic acids is 2. The molecule has 0 bridgehead atoms. The minimum Gasteiger partial charge on any atom is -0.495 e. The molecule has 11 nitrogen and oxygen atoms in total. The summed E-state index contributed by atoms with van der Waals surface area (Å²) in [6.07, 6.45) is 0. The van der Waals surface area contributed by atoms with Gasteiger partial charge in [0, 0.05) is 39.6 Å². The summed E-state index contributed by atoms with van der Waals surface area (Å²) in [4.78, 5) is 24.7. The second-order valence-corrected chi connectivity index (χ2v) is 9.52. The van der Waals surface area contributed by atoms with Crippen LogP contribution in [-0.4, -0.2) is 71.4 Å². The van der Waals surface area contributed by atoms with Crippen LogP contribution in [0, 0.1) is 0 Å². The first-order valence-electron chi connectivity index (χ1n) is 11.0. The van der Waals surface area contributed by atoms with E-state index >= 15 is 0 Å². The number of nitrogens with one attached hydrogen (secondary N) is 4. The highest BCUT2D eigenvalue weighted by Crippen LogP contribution is 2.23. The van der Waals surface area contributed by atoms with Gasteiger partial charge in [-0.05, 0) is 36.4 Å². The van der Waals surface area contributed by atoms with E-state index in [1.807, 2.05) is 0 Å². The molecule has 2 rings (SSSR count). The van der Waals surface area contributed by atoms with Gasteiger partial charge in [-0.2, -0.15) is 5.10 Å². The highest BCUT2D eigenvalue weighted by atomic mass is 32.2. The number of Topliss-reactive ketones (excluding diaryl/α,β-unsaturated/α-hetero) is 1. The van der Waals surface area contributed by atoms with E-state index < -0.39 is 21.5 Å². The minimum absolute atomic E-state index is 0.0492. The first-order valence-corrected chi connectivity index (χ1v) is 12.7. The van der Waals surface area contributed by atoms with E-state index in [0.29, 0.717) is 49.8 Å². The third-order valence-electron chi connectivity index (χ3n) is 4.76. The summed E-state index contributed by atoms with van der Waals surface area (Å²) in [6.45, 7) is 4.15. The number of hydrogen-bond donors (Lipinski definition) is 5. The Balaban J connectivity index is 1.97. The lowest BCUT2D eigenvalue weighted by atomic mass is 10.2. The van der Waals surface area contributed by atoms with Crippen LogP contribution in [-0.2, 0) is 19.4 Å². The number of methoxy groups -OCH3 is 1. The second-order valence-electron chi connectivity index (χ2n) is 7.41. The van der Waals surface area contributed by atoms with Gasteiger partial charge in [0.1, 0.15) is 5.75 Å². The molecule has 0 saturated carbocycles. The maximum absolute atomic E-state index is 12.6. The number of rotatable bonds is 15. The molecule has 12 heteroatoms. The Morgan fingerprint density at radius 1 is 0.971 bits per heavy atom. The molecule has 190 valence electrons. The Hall–Kier alpha value is -3.32. The highest BCUT2D eigenvalue weighted by molar-refractivity contribution is 7.91. The van der Waals surface area contributed by atoms with Crippen LogP contribution in [0.2, 0.25) is 0 Å². The van der Waals surface area contributed by atoms with E-state index in [1.165, 1.54) is 38.3 Å². The Labute approximate surface area is 205 Å². The van der Waals surface area contributed by atoms with Crippen LogP contribution >= 0.6 is 0 Å². The van der Waals surface area contributed by atoms with Crippen molar-refractivity contribution in [3.05, 3.63) is 48.5 Å². The maximum atomic E-state index is 12.6. The molecule has 0 aliphatic heterocycles. The topological polar surface area (TPSA) is 164 Å². The number of hydrazone groups is 1. The quantitative estimate of drug-likeness (QED) is 0.101. The molecule has 35 heavy (non-hydrogen) atoms. The number of sulfone groups is 1. The minimum atomic E-state index is -3.47. The Morgan fingerprint density at radius 2 is 1.63 bits per heavy atom. The first kappa shape index (κ1) is 27.9. The van der Waals surface area contributed by atoms with E-state index in [1.54, 1.807) is 24.3 Å². The van der Waals surface area contributed by atoms with Gasteiger partial charge in [0.25, 0.3) is 5.91 Å². The number of nitrogens with zero attached hydrogens (tertiary/aromatic N) is 1. The van der Waals surface area contributed by atoms with E-state index in [2.05, 4.69) is 26.5 Å². The normalized spacial score (nSPS) is 11.7. The third kappa shape index (κ3) is 9.09. The fraction of sp³-hybridized carbons (Fsp3) is 0.348. The molecule has 0 fully saturated rings. The summed E-state index contributed by atoms with van der Waals surface area (Å²) in [7, 11) is -2.00. The number of ketones is 1. The fourth-order valence-electron chi connectivity index (χ4n) is 2.93. The molecule has 0 saturated heterocycles. The van der Waals surface area contributed by atoms with Crippen molar-refractivity contribution >= 4 is 38.6 Å². The summed E-state index contributed by atoms with van der Waals surface area (Å²) >= 11 is 0. The fourth-order valence-corrected chi connectivity index (χ4v) is 4.13. The molecule has 0 aliphatic carbocycles. The third-order valence-corrected chi connectivity index (χ3v) is 6.49. The zero-order valence-electron chi connectivity index (χ0n) is 19.8. The van der Waals surface area contributed by atoms with E-state index in [9.17, 15) is 18.0 Å². The molecule has 0 aromatic heterocycles. The predicted octanol–water partition coefficient (Wildman–Crippen LogP) is 0.602. The number of hydrogen-bond acceptors (Lipinski definition) is 10. The molecule has 0 heterocycles.